The molecular weight excluding hydrogens is 347 g/mol. The van der Waals surface area contributed by atoms with Crippen LogP contribution >= 0.6 is 0 Å². The molecular formula is C21H23FN2O3. The molecule has 0 saturated carbocycles. The van der Waals surface area contributed by atoms with Crippen LogP contribution in [0, 0.1) is 5.82 Å². The Morgan fingerprint density at radius 1 is 1.30 bits per heavy atom. The number of halogens is 1. The van der Waals surface area contributed by atoms with E-state index in [-0.39, 0.29) is 23.6 Å². The highest BCUT2D eigenvalue weighted by Crippen LogP contribution is 2.34. The first-order valence-corrected chi connectivity index (χ1v) is 9.05. The Morgan fingerprint density at radius 2 is 2.04 bits per heavy atom. The van der Waals surface area contributed by atoms with E-state index in [1.807, 2.05) is 19.1 Å². The minimum absolute atomic E-state index is 0.00219. The van der Waals surface area contributed by atoms with Crippen molar-refractivity contribution in [2.75, 3.05) is 10.2 Å². The van der Waals surface area contributed by atoms with Crippen LogP contribution in [0.15, 0.2) is 42.5 Å². The van der Waals surface area contributed by atoms with Gasteiger partial charge in [-0.2, -0.15) is 0 Å². The number of benzene rings is 2. The summed E-state index contributed by atoms with van der Waals surface area (Å²) in [4.78, 5) is 26.2. The SMILES string of the molecule is CC[C@H](Oc1ccccc1F)C(=O)Nc1ccc2c(c1)C[C@H](C)N2C(C)=O. The van der Waals surface area contributed by atoms with Gasteiger partial charge in [0, 0.05) is 24.3 Å². The van der Waals surface area contributed by atoms with Crippen molar-refractivity contribution in [3.8, 4) is 5.75 Å². The summed E-state index contributed by atoms with van der Waals surface area (Å²) in [6.07, 6.45) is 0.338. The fourth-order valence-corrected chi connectivity index (χ4v) is 3.43. The van der Waals surface area contributed by atoms with Crippen LogP contribution in [0.2, 0.25) is 0 Å². The van der Waals surface area contributed by atoms with E-state index in [1.165, 1.54) is 12.1 Å². The molecule has 3 rings (SSSR count). The molecule has 0 aromatic heterocycles. The lowest BCUT2D eigenvalue weighted by molar-refractivity contribution is -0.123. The lowest BCUT2D eigenvalue weighted by atomic mass is 10.1. The largest absolute Gasteiger partial charge is 0.478 e. The molecule has 2 aromatic rings. The molecule has 0 spiro atoms. The number of rotatable bonds is 5. The van der Waals surface area contributed by atoms with Gasteiger partial charge in [-0.1, -0.05) is 19.1 Å². The Balaban J connectivity index is 1.73. The Hall–Kier alpha value is -2.89. The number of nitrogens with zero attached hydrogens (tertiary/aromatic N) is 1. The average Bonchev–Trinajstić information content (AvgIpc) is 2.96. The van der Waals surface area contributed by atoms with Crippen molar-refractivity contribution in [3.63, 3.8) is 0 Å². The summed E-state index contributed by atoms with van der Waals surface area (Å²) in [6, 6.07) is 11.6. The van der Waals surface area contributed by atoms with E-state index in [1.54, 1.807) is 36.9 Å². The molecule has 0 fully saturated rings. The molecule has 1 N–H and O–H groups in total. The topological polar surface area (TPSA) is 58.6 Å². The summed E-state index contributed by atoms with van der Waals surface area (Å²) in [5, 5.41) is 2.83. The fraction of sp³-hybridized carbons (Fsp3) is 0.333. The Labute approximate surface area is 158 Å². The predicted octanol–water partition coefficient (Wildman–Crippen LogP) is 3.92. The molecule has 27 heavy (non-hydrogen) atoms. The number of para-hydroxylation sites is 1. The molecule has 142 valence electrons. The van der Waals surface area contributed by atoms with Crippen molar-refractivity contribution in [3.05, 3.63) is 53.8 Å². The molecule has 2 amide bonds. The van der Waals surface area contributed by atoms with Gasteiger partial charge < -0.3 is 15.0 Å². The van der Waals surface area contributed by atoms with E-state index in [9.17, 15) is 14.0 Å². The van der Waals surface area contributed by atoms with E-state index >= 15 is 0 Å². The van der Waals surface area contributed by atoms with Crippen LogP contribution in [0.5, 0.6) is 5.75 Å². The molecule has 0 aliphatic carbocycles. The first-order chi connectivity index (χ1) is 12.9. The van der Waals surface area contributed by atoms with Crippen LogP contribution in [0.1, 0.15) is 32.8 Å². The Bertz CT molecular complexity index is 868. The van der Waals surface area contributed by atoms with Crippen molar-refractivity contribution in [1.29, 1.82) is 0 Å². The van der Waals surface area contributed by atoms with Crippen LogP contribution in [0.4, 0.5) is 15.8 Å². The smallest absolute Gasteiger partial charge is 0.265 e. The fourth-order valence-electron chi connectivity index (χ4n) is 3.43. The highest BCUT2D eigenvalue weighted by Gasteiger charge is 2.29. The Kier molecular flexibility index (Phi) is 5.44. The molecule has 0 unspecified atom stereocenters. The number of carbonyl (C=O) groups excluding carboxylic acids is 2. The summed E-state index contributed by atoms with van der Waals surface area (Å²) < 4.78 is 19.3. The second-order valence-electron chi connectivity index (χ2n) is 6.72. The van der Waals surface area contributed by atoms with Crippen LogP contribution in [-0.4, -0.2) is 24.0 Å². The van der Waals surface area contributed by atoms with Gasteiger partial charge in [0.05, 0.1) is 0 Å². The van der Waals surface area contributed by atoms with E-state index < -0.39 is 11.9 Å². The minimum Gasteiger partial charge on any atom is -0.478 e. The molecule has 2 atom stereocenters. The third-order valence-corrected chi connectivity index (χ3v) is 4.67. The molecule has 5 nitrogen and oxygen atoms in total. The molecule has 0 bridgehead atoms. The van der Waals surface area contributed by atoms with Gasteiger partial charge in [-0.15, -0.1) is 0 Å². The van der Waals surface area contributed by atoms with E-state index in [4.69, 9.17) is 4.74 Å². The van der Waals surface area contributed by atoms with Gasteiger partial charge >= 0.3 is 0 Å². The lowest BCUT2D eigenvalue weighted by Crippen LogP contribution is -2.33. The second-order valence-corrected chi connectivity index (χ2v) is 6.72. The summed E-state index contributed by atoms with van der Waals surface area (Å²) in [6.45, 7) is 5.35. The number of anilines is 2. The van der Waals surface area contributed by atoms with Crippen LogP contribution < -0.4 is 15.0 Å². The first-order valence-electron chi connectivity index (χ1n) is 9.05. The number of hydrogen-bond acceptors (Lipinski definition) is 3. The van der Waals surface area contributed by atoms with E-state index in [0.29, 0.717) is 12.1 Å². The Morgan fingerprint density at radius 3 is 2.70 bits per heavy atom. The summed E-state index contributed by atoms with van der Waals surface area (Å²) in [5.74, 6) is -0.781. The van der Waals surface area contributed by atoms with Gasteiger partial charge in [0.1, 0.15) is 0 Å². The monoisotopic (exact) mass is 370 g/mol. The van der Waals surface area contributed by atoms with Gasteiger partial charge in [0.2, 0.25) is 5.91 Å². The molecule has 0 saturated heterocycles. The standard InChI is InChI=1S/C21H23FN2O3/c1-4-19(27-20-8-6-5-7-17(20)22)21(26)23-16-9-10-18-15(12-16)11-13(2)24(18)14(3)25/h5-10,12-13,19H,4,11H2,1-3H3,(H,23,26)/t13-,19-/m0/s1. The molecule has 1 aliphatic rings. The van der Waals surface area contributed by atoms with Crippen molar-refractivity contribution < 1.29 is 18.7 Å². The summed E-state index contributed by atoms with van der Waals surface area (Å²) >= 11 is 0. The van der Waals surface area contributed by atoms with Gasteiger partial charge in [0.15, 0.2) is 17.7 Å². The zero-order valence-electron chi connectivity index (χ0n) is 15.7. The summed E-state index contributed by atoms with van der Waals surface area (Å²) in [7, 11) is 0. The van der Waals surface area contributed by atoms with Crippen LogP contribution in [0.25, 0.3) is 0 Å². The summed E-state index contributed by atoms with van der Waals surface area (Å²) in [5.41, 5.74) is 2.52. The maximum atomic E-state index is 13.8. The van der Waals surface area contributed by atoms with Crippen LogP contribution in [-0.2, 0) is 16.0 Å². The molecule has 1 heterocycles. The number of ether oxygens (including phenoxy) is 1. The number of fused-ring (bicyclic) bond motifs is 1. The van der Waals surface area contributed by atoms with Gasteiger partial charge in [0.25, 0.3) is 5.91 Å². The van der Waals surface area contributed by atoms with E-state index in [0.717, 1.165) is 17.7 Å². The average molecular weight is 370 g/mol. The molecule has 6 heteroatoms. The second kappa shape index (κ2) is 7.78. The maximum Gasteiger partial charge on any atom is 0.265 e. The third kappa shape index (κ3) is 3.94. The maximum absolute atomic E-state index is 13.8. The quantitative estimate of drug-likeness (QED) is 0.868. The molecule has 0 radical (unpaired) electrons. The van der Waals surface area contributed by atoms with Crippen molar-refractivity contribution in [2.24, 2.45) is 0 Å². The highest BCUT2D eigenvalue weighted by molar-refractivity contribution is 5.97. The van der Waals surface area contributed by atoms with E-state index in [2.05, 4.69) is 5.32 Å². The first kappa shape index (κ1) is 18.9. The zero-order valence-corrected chi connectivity index (χ0v) is 15.7. The number of nitrogens with one attached hydrogen (secondary N) is 1. The van der Waals surface area contributed by atoms with Gasteiger partial charge in [-0.25, -0.2) is 4.39 Å². The van der Waals surface area contributed by atoms with Crippen LogP contribution in [0.3, 0.4) is 0 Å². The lowest BCUT2D eigenvalue weighted by Gasteiger charge is -2.21. The third-order valence-electron chi connectivity index (χ3n) is 4.67. The van der Waals surface area contributed by atoms with Crippen molar-refractivity contribution in [2.45, 2.75) is 45.8 Å². The van der Waals surface area contributed by atoms with Crippen molar-refractivity contribution in [1.82, 2.24) is 0 Å². The highest BCUT2D eigenvalue weighted by atomic mass is 19.1. The minimum atomic E-state index is -0.803. The van der Waals surface area contributed by atoms with Gasteiger partial charge in [-0.05, 0) is 55.7 Å². The predicted molar refractivity (Wildman–Crippen MR) is 103 cm³/mol. The molecule has 1 aliphatic heterocycles. The van der Waals surface area contributed by atoms with Gasteiger partial charge in [-0.3, -0.25) is 9.59 Å². The molecule has 2 aromatic carbocycles. The number of carbonyl (C=O) groups is 2. The zero-order chi connectivity index (χ0) is 19.6. The van der Waals surface area contributed by atoms with Crippen molar-refractivity contribution >= 4 is 23.2 Å². The number of hydrogen-bond donors (Lipinski definition) is 1. The number of amides is 2. The normalized spacial score (nSPS) is 16.6.